The third-order valence-electron chi connectivity index (χ3n) is 3.03. The van der Waals surface area contributed by atoms with Crippen molar-refractivity contribution < 1.29 is 0 Å². The van der Waals surface area contributed by atoms with E-state index in [1.54, 1.807) is 0 Å². The molecule has 1 nitrogen and oxygen atoms in total. The number of benzene rings is 1. The van der Waals surface area contributed by atoms with E-state index < -0.39 is 0 Å². The number of para-hydroxylation sites is 1. The lowest BCUT2D eigenvalue weighted by molar-refractivity contribution is 0.314. The molecule has 1 aliphatic rings. The number of aromatic nitrogens is 1. The first kappa shape index (κ1) is 8.42. The van der Waals surface area contributed by atoms with Crippen molar-refractivity contribution in [3.05, 3.63) is 29.3 Å². The van der Waals surface area contributed by atoms with Gasteiger partial charge in [-0.15, -0.1) is 11.3 Å². The molecule has 2 heteroatoms. The number of nitrogens with zero attached hydrogens (tertiary/aromatic N) is 1. The van der Waals surface area contributed by atoms with E-state index in [4.69, 9.17) is 0 Å². The van der Waals surface area contributed by atoms with Crippen LogP contribution in [0.15, 0.2) is 24.3 Å². The van der Waals surface area contributed by atoms with Crippen LogP contribution in [0.4, 0.5) is 0 Å². The quantitative estimate of drug-likeness (QED) is 0.726. The van der Waals surface area contributed by atoms with E-state index in [-0.39, 0.29) is 0 Å². The lowest BCUT2D eigenvalue weighted by Gasteiger charge is -2.23. The molecule has 1 aromatic heterocycles. The number of fused-ring (bicyclic) bond motifs is 1. The van der Waals surface area contributed by atoms with Crippen molar-refractivity contribution in [1.29, 1.82) is 0 Å². The standard InChI is InChI=1S/C12H13NS/c1-2-7-11-10(6-1)13-12(14-11)8-9-4-3-5-9/h1-2,6-7,9H,3-5,8H2. The molecule has 1 fully saturated rings. The summed E-state index contributed by atoms with van der Waals surface area (Å²) in [7, 11) is 0. The molecule has 0 saturated heterocycles. The molecule has 1 aliphatic carbocycles. The Labute approximate surface area is 87.8 Å². The van der Waals surface area contributed by atoms with Crippen LogP contribution in [0.5, 0.6) is 0 Å². The minimum absolute atomic E-state index is 0.926. The van der Waals surface area contributed by atoms with Crippen LogP contribution in [-0.4, -0.2) is 4.98 Å². The zero-order valence-corrected chi connectivity index (χ0v) is 8.89. The molecule has 1 saturated carbocycles. The highest BCUT2D eigenvalue weighted by atomic mass is 32.1. The van der Waals surface area contributed by atoms with Crippen LogP contribution in [0.3, 0.4) is 0 Å². The molecular weight excluding hydrogens is 190 g/mol. The Morgan fingerprint density at radius 3 is 2.86 bits per heavy atom. The summed E-state index contributed by atoms with van der Waals surface area (Å²) in [6.45, 7) is 0. The zero-order chi connectivity index (χ0) is 9.38. The van der Waals surface area contributed by atoms with E-state index in [2.05, 4.69) is 29.2 Å². The Bertz CT molecular complexity index is 409. The second-order valence-electron chi connectivity index (χ2n) is 4.08. The van der Waals surface area contributed by atoms with Gasteiger partial charge in [0.15, 0.2) is 0 Å². The normalized spacial score (nSPS) is 17.1. The van der Waals surface area contributed by atoms with E-state index in [1.807, 2.05) is 11.3 Å². The molecule has 72 valence electrons. The van der Waals surface area contributed by atoms with Gasteiger partial charge < -0.3 is 0 Å². The van der Waals surface area contributed by atoms with Gasteiger partial charge in [-0.25, -0.2) is 4.98 Å². The van der Waals surface area contributed by atoms with Gasteiger partial charge in [-0.2, -0.15) is 0 Å². The Morgan fingerprint density at radius 1 is 1.29 bits per heavy atom. The van der Waals surface area contributed by atoms with Crippen LogP contribution in [0.2, 0.25) is 0 Å². The molecule has 0 amide bonds. The van der Waals surface area contributed by atoms with Gasteiger partial charge in [0.2, 0.25) is 0 Å². The average molecular weight is 203 g/mol. The first-order chi connectivity index (χ1) is 6.92. The maximum Gasteiger partial charge on any atom is 0.0941 e. The van der Waals surface area contributed by atoms with Gasteiger partial charge in [0.1, 0.15) is 0 Å². The third-order valence-corrected chi connectivity index (χ3v) is 4.08. The van der Waals surface area contributed by atoms with Gasteiger partial charge in [-0.1, -0.05) is 31.4 Å². The predicted octanol–water partition coefficient (Wildman–Crippen LogP) is 3.64. The van der Waals surface area contributed by atoms with Crippen molar-refractivity contribution in [3.63, 3.8) is 0 Å². The third kappa shape index (κ3) is 1.44. The maximum atomic E-state index is 4.65. The van der Waals surface area contributed by atoms with Crippen molar-refractivity contribution in [2.45, 2.75) is 25.7 Å². The van der Waals surface area contributed by atoms with Gasteiger partial charge in [-0.3, -0.25) is 0 Å². The van der Waals surface area contributed by atoms with Crippen LogP contribution in [-0.2, 0) is 6.42 Å². The molecule has 0 spiro atoms. The average Bonchev–Trinajstić information content (AvgIpc) is 2.53. The summed E-state index contributed by atoms with van der Waals surface area (Å²) in [5.74, 6) is 0.926. The highest BCUT2D eigenvalue weighted by Crippen LogP contribution is 2.32. The molecule has 0 N–H and O–H groups in total. The lowest BCUT2D eigenvalue weighted by Crippen LogP contribution is -2.13. The highest BCUT2D eigenvalue weighted by Gasteiger charge is 2.19. The molecule has 3 rings (SSSR count). The fourth-order valence-corrected chi connectivity index (χ4v) is 3.03. The predicted molar refractivity (Wildman–Crippen MR) is 60.7 cm³/mol. The summed E-state index contributed by atoms with van der Waals surface area (Å²) < 4.78 is 1.34. The molecule has 1 aromatic carbocycles. The van der Waals surface area contributed by atoms with Gasteiger partial charge in [0.25, 0.3) is 0 Å². The lowest BCUT2D eigenvalue weighted by atomic mass is 9.83. The summed E-state index contributed by atoms with van der Waals surface area (Å²) in [6.07, 6.45) is 5.46. The molecule has 0 aliphatic heterocycles. The monoisotopic (exact) mass is 203 g/mol. The first-order valence-electron chi connectivity index (χ1n) is 5.26. The van der Waals surface area contributed by atoms with Crippen molar-refractivity contribution in [2.75, 3.05) is 0 Å². The largest absolute Gasteiger partial charge is 0.241 e. The molecule has 0 bridgehead atoms. The highest BCUT2D eigenvalue weighted by molar-refractivity contribution is 7.18. The van der Waals surface area contributed by atoms with Gasteiger partial charge >= 0.3 is 0 Å². The Balaban J connectivity index is 1.89. The number of rotatable bonds is 2. The molecule has 0 unspecified atom stereocenters. The summed E-state index contributed by atoms with van der Waals surface area (Å²) >= 11 is 1.86. The van der Waals surface area contributed by atoms with Crippen LogP contribution in [0.25, 0.3) is 10.2 Å². The number of thiazole rings is 1. The van der Waals surface area contributed by atoms with Crippen molar-refractivity contribution in [2.24, 2.45) is 5.92 Å². The Kier molecular flexibility index (Phi) is 2.02. The Hall–Kier alpha value is -0.890. The topological polar surface area (TPSA) is 12.9 Å². The molecule has 2 aromatic rings. The molecule has 1 heterocycles. The van der Waals surface area contributed by atoms with Crippen LogP contribution < -0.4 is 0 Å². The molecule has 14 heavy (non-hydrogen) atoms. The number of hydrogen-bond donors (Lipinski definition) is 0. The van der Waals surface area contributed by atoms with Gasteiger partial charge in [-0.05, 0) is 18.1 Å². The molecule has 0 radical (unpaired) electrons. The second-order valence-corrected chi connectivity index (χ2v) is 5.19. The maximum absolute atomic E-state index is 4.65. The number of hydrogen-bond acceptors (Lipinski definition) is 2. The fraction of sp³-hybridized carbons (Fsp3) is 0.417. The van der Waals surface area contributed by atoms with E-state index in [9.17, 15) is 0 Å². The Morgan fingerprint density at radius 2 is 2.14 bits per heavy atom. The van der Waals surface area contributed by atoms with Crippen LogP contribution in [0, 0.1) is 5.92 Å². The van der Waals surface area contributed by atoms with Gasteiger partial charge in [0.05, 0.1) is 15.2 Å². The summed E-state index contributed by atoms with van der Waals surface area (Å²) in [6, 6.07) is 8.43. The SMILES string of the molecule is c1ccc2sc(CC3CCC3)nc2c1. The van der Waals surface area contributed by atoms with Crippen molar-refractivity contribution >= 4 is 21.6 Å². The van der Waals surface area contributed by atoms with Crippen LogP contribution in [0.1, 0.15) is 24.3 Å². The molecular formula is C12H13NS. The van der Waals surface area contributed by atoms with Gasteiger partial charge in [0, 0.05) is 6.42 Å². The summed E-state index contributed by atoms with van der Waals surface area (Å²) in [5, 5.41) is 1.33. The fourth-order valence-electron chi connectivity index (χ4n) is 1.95. The smallest absolute Gasteiger partial charge is 0.0941 e. The van der Waals surface area contributed by atoms with E-state index in [0.717, 1.165) is 5.92 Å². The zero-order valence-electron chi connectivity index (χ0n) is 8.07. The van der Waals surface area contributed by atoms with Crippen molar-refractivity contribution in [1.82, 2.24) is 4.98 Å². The summed E-state index contributed by atoms with van der Waals surface area (Å²) in [4.78, 5) is 4.65. The minimum atomic E-state index is 0.926. The first-order valence-corrected chi connectivity index (χ1v) is 6.08. The van der Waals surface area contributed by atoms with E-state index in [1.165, 1.54) is 40.9 Å². The van der Waals surface area contributed by atoms with Crippen molar-refractivity contribution in [3.8, 4) is 0 Å². The van der Waals surface area contributed by atoms with E-state index >= 15 is 0 Å². The minimum Gasteiger partial charge on any atom is -0.241 e. The second kappa shape index (κ2) is 3.35. The van der Waals surface area contributed by atoms with Crippen LogP contribution >= 0.6 is 11.3 Å². The molecule has 0 atom stereocenters. The summed E-state index contributed by atoms with van der Waals surface area (Å²) in [5.41, 5.74) is 1.17. The van der Waals surface area contributed by atoms with E-state index in [0.29, 0.717) is 0 Å².